The van der Waals surface area contributed by atoms with Gasteiger partial charge in [-0.1, -0.05) is 16.9 Å². The van der Waals surface area contributed by atoms with Gasteiger partial charge in [0.2, 0.25) is 11.7 Å². The van der Waals surface area contributed by atoms with Crippen LogP contribution in [-0.4, -0.2) is 26.8 Å². The lowest BCUT2D eigenvalue weighted by atomic mass is 10.2. The standard InChI is InChI=1S/C19H15FN4O2S/c1-25-16-8-6-15(7-9-16)24-11-10-21-19(24)27-12-17-22-18(23-26-17)13-2-4-14(20)5-3-13/h2-11H,12H2,1H3. The normalized spacial score (nSPS) is 10.9. The fourth-order valence-corrected chi connectivity index (χ4v) is 3.30. The van der Waals surface area contributed by atoms with Crippen molar-refractivity contribution in [1.29, 1.82) is 0 Å². The number of ether oxygens (including phenoxy) is 1. The van der Waals surface area contributed by atoms with Crippen LogP contribution in [0.5, 0.6) is 5.75 Å². The van der Waals surface area contributed by atoms with Gasteiger partial charge in [-0.15, -0.1) is 0 Å². The van der Waals surface area contributed by atoms with Crippen molar-refractivity contribution in [1.82, 2.24) is 19.7 Å². The van der Waals surface area contributed by atoms with Gasteiger partial charge in [-0.25, -0.2) is 9.37 Å². The molecule has 0 saturated carbocycles. The molecule has 136 valence electrons. The molecule has 6 nitrogen and oxygen atoms in total. The highest BCUT2D eigenvalue weighted by Crippen LogP contribution is 2.25. The highest BCUT2D eigenvalue weighted by atomic mass is 32.2. The topological polar surface area (TPSA) is 66.0 Å². The lowest BCUT2D eigenvalue weighted by Crippen LogP contribution is -1.95. The van der Waals surface area contributed by atoms with Crippen LogP contribution in [0.25, 0.3) is 17.1 Å². The molecular formula is C19H15FN4O2S. The number of hydrogen-bond acceptors (Lipinski definition) is 6. The summed E-state index contributed by atoms with van der Waals surface area (Å²) in [6.07, 6.45) is 3.63. The van der Waals surface area contributed by atoms with Gasteiger partial charge < -0.3 is 9.26 Å². The van der Waals surface area contributed by atoms with E-state index in [4.69, 9.17) is 9.26 Å². The van der Waals surface area contributed by atoms with Gasteiger partial charge in [-0.3, -0.25) is 4.57 Å². The molecule has 0 spiro atoms. The summed E-state index contributed by atoms with van der Waals surface area (Å²) in [6.45, 7) is 0. The second-order valence-electron chi connectivity index (χ2n) is 5.59. The average Bonchev–Trinajstić information content (AvgIpc) is 3.36. The zero-order valence-corrected chi connectivity index (χ0v) is 15.2. The summed E-state index contributed by atoms with van der Waals surface area (Å²) in [6, 6.07) is 13.7. The van der Waals surface area contributed by atoms with Crippen LogP contribution in [-0.2, 0) is 5.75 Å². The number of imidazole rings is 1. The minimum Gasteiger partial charge on any atom is -0.497 e. The molecule has 0 N–H and O–H groups in total. The Bertz CT molecular complexity index is 1030. The summed E-state index contributed by atoms with van der Waals surface area (Å²) in [7, 11) is 1.64. The van der Waals surface area contributed by atoms with Crippen molar-refractivity contribution in [2.24, 2.45) is 0 Å². The van der Waals surface area contributed by atoms with Gasteiger partial charge in [0.25, 0.3) is 0 Å². The molecular weight excluding hydrogens is 367 g/mol. The molecule has 0 atom stereocenters. The number of halogens is 1. The molecule has 0 aliphatic carbocycles. The Labute approximate surface area is 159 Å². The van der Waals surface area contributed by atoms with Gasteiger partial charge in [0.05, 0.1) is 12.9 Å². The van der Waals surface area contributed by atoms with E-state index in [2.05, 4.69) is 15.1 Å². The molecule has 0 aliphatic rings. The van der Waals surface area contributed by atoms with E-state index in [9.17, 15) is 4.39 Å². The third-order valence-corrected chi connectivity index (χ3v) is 4.80. The molecule has 2 heterocycles. The second-order valence-corrected chi connectivity index (χ2v) is 6.53. The van der Waals surface area contributed by atoms with E-state index in [1.165, 1.54) is 23.9 Å². The predicted molar refractivity (Wildman–Crippen MR) is 99.4 cm³/mol. The van der Waals surface area contributed by atoms with E-state index >= 15 is 0 Å². The molecule has 27 heavy (non-hydrogen) atoms. The highest BCUT2D eigenvalue weighted by molar-refractivity contribution is 7.98. The molecule has 0 unspecified atom stereocenters. The molecule has 0 saturated heterocycles. The quantitative estimate of drug-likeness (QED) is 0.462. The van der Waals surface area contributed by atoms with Crippen molar-refractivity contribution in [2.75, 3.05) is 7.11 Å². The van der Waals surface area contributed by atoms with Crippen molar-refractivity contribution < 1.29 is 13.7 Å². The zero-order chi connectivity index (χ0) is 18.6. The molecule has 0 aliphatic heterocycles. The van der Waals surface area contributed by atoms with E-state index in [1.54, 1.807) is 25.4 Å². The van der Waals surface area contributed by atoms with Crippen molar-refractivity contribution in [2.45, 2.75) is 10.9 Å². The Morgan fingerprint density at radius 2 is 1.89 bits per heavy atom. The second kappa shape index (κ2) is 7.63. The number of aromatic nitrogens is 4. The number of hydrogen-bond donors (Lipinski definition) is 0. The summed E-state index contributed by atoms with van der Waals surface area (Å²) >= 11 is 1.49. The summed E-state index contributed by atoms with van der Waals surface area (Å²) in [5.74, 6) is 1.88. The first kappa shape index (κ1) is 17.3. The van der Waals surface area contributed by atoms with Crippen LogP contribution in [0.3, 0.4) is 0 Å². The van der Waals surface area contributed by atoms with Crippen LogP contribution < -0.4 is 4.74 Å². The summed E-state index contributed by atoms with van der Waals surface area (Å²) in [5.41, 5.74) is 1.68. The predicted octanol–water partition coefficient (Wildman–Crippen LogP) is 4.36. The molecule has 2 aromatic carbocycles. The van der Waals surface area contributed by atoms with Crippen LogP contribution in [0, 0.1) is 5.82 Å². The lowest BCUT2D eigenvalue weighted by Gasteiger charge is -2.07. The molecule has 0 bridgehead atoms. The van der Waals surface area contributed by atoms with E-state index in [-0.39, 0.29) is 5.82 Å². The van der Waals surface area contributed by atoms with Gasteiger partial charge in [0, 0.05) is 23.6 Å². The molecule has 0 amide bonds. The maximum atomic E-state index is 13.0. The largest absolute Gasteiger partial charge is 0.497 e. The molecule has 4 rings (SSSR count). The molecule has 0 radical (unpaired) electrons. The smallest absolute Gasteiger partial charge is 0.237 e. The van der Waals surface area contributed by atoms with Crippen LogP contribution in [0.4, 0.5) is 4.39 Å². The van der Waals surface area contributed by atoms with Crippen molar-refractivity contribution in [3.63, 3.8) is 0 Å². The number of thioether (sulfide) groups is 1. The number of benzene rings is 2. The molecule has 2 aromatic heterocycles. The van der Waals surface area contributed by atoms with Crippen molar-refractivity contribution in [3.8, 4) is 22.8 Å². The number of methoxy groups -OCH3 is 1. The lowest BCUT2D eigenvalue weighted by molar-refractivity contribution is 0.391. The first-order valence-corrected chi connectivity index (χ1v) is 9.10. The monoisotopic (exact) mass is 382 g/mol. The Morgan fingerprint density at radius 3 is 2.63 bits per heavy atom. The third-order valence-electron chi connectivity index (χ3n) is 3.85. The Morgan fingerprint density at radius 1 is 1.11 bits per heavy atom. The van der Waals surface area contributed by atoms with Gasteiger partial charge in [-0.2, -0.15) is 4.98 Å². The minimum atomic E-state index is -0.302. The fourth-order valence-electron chi connectivity index (χ4n) is 2.49. The highest BCUT2D eigenvalue weighted by Gasteiger charge is 2.12. The van der Waals surface area contributed by atoms with Gasteiger partial charge >= 0.3 is 0 Å². The van der Waals surface area contributed by atoms with Crippen LogP contribution in [0.15, 0.2) is 70.6 Å². The third kappa shape index (κ3) is 3.85. The maximum absolute atomic E-state index is 13.0. The average molecular weight is 382 g/mol. The maximum Gasteiger partial charge on any atom is 0.237 e. The van der Waals surface area contributed by atoms with Gasteiger partial charge in [0.15, 0.2) is 5.16 Å². The first-order valence-electron chi connectivity index (χ1n) is 8.12. The molecule has 8 heteroatoms. The van der Waals surface area contributed by atoms with E-state index in [0.29, 0.717) is 23.0 Å². The van der Waals surface area contributed by atoms with Crippen LogP contribution >= 0.6 is 11.8 Å². The fraction of sp³-hybridized carbons (Fsp3) is 0.105. The Kier molecular flexibility index (Phi) is 4.88. The van der Waals surface area contributed by atoms with Crippen LogP contribution in [0.2, 0.25) is 0 Å². The van der Waals surface area contributed by atoms with E-state index < -0.39 is 0 Å². The first-order chi connectivity index (χ1) is 13.2. The van der Waals surface area contributed by atoms with Crippen molar-refractivity contribution in [3.05, 3.63) is 72.6 Å². The zero-order valence-electron chi connectivity index (χ0n) is 14.4. The van der Waals surface area contributed by atoms with Gasteiger partial charge in [-0.05, 0) is 48.5 Å². The van der Waals surface area contributed by atoms with Crippen LogP contribution in [0.1, 0.15) is 5.89 Å². The van der Waals surface area contributed by atoms with E-state index in [0.717, 1.165) is 16.6 Å². The molecule has 4 aromatic rings. The van der Waals surface area contributed by atoms with Gasteiger partial charge in [0.1, 0.15) is 11.6 Å². The summed E-state index contributed by atoms with van der Waals surface area (Å²) < 4.78 is 25.5. The minimum absolute atomic E-state index is 0.302. The molecule has 0 fully saturated rings. The number of rotatable bonds is 6. The van der Waals surface area contributed by atoms with Crippen molar-refractivity contribution >= 4 is 11.8 Å². The SMILES string of the molecule is COc1ccc(-n2ccnc2SCc2nc(-c3ccc(F)cc3)no2)cc1. The number of nitrogens with zero attached hydrogens (tertiary/aromatic N) is 4. The Hall–Kier alpha value is -3.13. The summed E-state index contributed by atoms with van der Waals surface area (Å²) in [5, 5.41) is 4.76. The summed E-state index contributed by atoms with van der Waals surface area (Å²) in [4.78, 5) is 8.75. The van der Waals surface area contributed by atoms with E-state index in [1.807, 2.05) is 35.0 Å². The Balaban J connectivity index is 1.47.